The number of ether oxygens (including phenoxy) is 3. The van der Waals surface area contributed by atoms with Crippen molar-refractivity contribution in [2.24, 2.45) is 0 Å². The minimum atomic E-state index is -0.143. The van der Waals surface area contributed by atoms with Crippen molar-refractivity contribution in [2.75, 3.05) is 7.11 Å². The van der Waals surface area contributed by atoms with Crippen LogP contribution in [0.1, 0.15) is 27.0 Å². The zero-order valence-corrected chi connectivity index (χ0v) is 19.0. The van der Waals surface area contributed by atoms with Crippen LogP contribution in [-0.2, 0) is 13.2 Å². The molecule has 4 aromatic rings. The highest BCUT2D eigenvalue weighted by atomic mass is 16.5. The van der Waals surface area contributed by atoms with E-state index < -0.39 is 0 Å². The lowest BCUT2D eigenvalue weighted by Gasteiger charge is -2.10. The summed E-state index contributed by atoms with van der Waals surface area (Å²) >= 11 is 0. The van der Waals surface area contributed by atoms with Crippen molar-refractivity contribution >= 4 is 11.9 Å². The molecular weight excluding hydrogens is 424 g/mol. The van der Waals surface area contributed by atoms with Crippen molar-refractivity contribution in [1.29, 1.82) is 0 Å². The summed E-state index contributed by atoms with van der Waals surface area (Å²) in [7, 11) is 1.55. The summed E-state index contributed by atoms with van der Waals surface area (Å²) < 4.78 is 17.1. The number of allylic oxidation sites excluding steroid dienone is 1. The second-order valence-corrected chi connectivity index (χ2v) is 7.68. The molecule has 4 aromatic carbocycles. The van der Waals surface area contributed by atoms with Crippen molar-refractivity contribution in [1.82, 2.24) is 0 Å². The van der Waals surface area contributed by atoms with E-state index in [-0.39, 0.29) is 5.78 Å². The van der Waals surface area contributed by atoms with Gasteiger partial charge in [0.15, 0.2) is 5.78 Å². The van der Waals surface area contributed by atoms with Gasteiger partial charge in [-0.05, 0) is 47.0 Å². The molecule has 0 aliphatic rings. The molecule has 4 heteroatoms. The first-order chi connectivity index (χ1) is 16.7. The minimum Gasteiger partial charge on any atom is -0.496 e. The van der Waals surface area contributed by atoms with E-state index in [0.717, 1.165) is 22.4 Å². The van der Waals surface area contributed by atoms with Crippen LogP contribution >= 0.6 is 0 Å². The average Bonchev–Trinajstić information content (AvgIpc) is 2.91. The van der Waals surface area contributed by atoms with E-state index in [1.165, 1.54) is 0 Å². The Hall–Kier alpha value is -4.31. The molecule has 0 heterocycles. The highest BCUT2D eigenvalue weighted by molar-refractivity contribution is 6.08. The number of benzene rings is 4. The Bertz CT molecular complexity index is 1230. The smallest absolute Gasteiger partial charge is 0.189 e. The van der Waals surface area contributed by atoms with Gasteiger partial charge < -0.3 is 14.2 Å². The first kappa shape index (κ1) is 22.9. The lowest BCUT2D eigenvalue weighted by molar-refractivity contribution is 0.104. The molecule has 0 saturated heterocycles. The zero-order valence-electron chi connectivity index (χ0n) is 19.0. The van der Waals surface area contributed by atoms with Gasteiger partial charge in [0.05, 0.1) is 12.7 Å². The second-order valence-electron chi connectivity index (χ2n) is 7.68. The molecule has 4 rings (SSSR count). The van der Waals surface area contributed by atoms with Gasteiger partial charge in [0.2, 0.25) is 0 Å². The van der Waals surface area contributed by atoms with Gasteiger partial charge in [-0.15, -0.1) is 0 Å². The largest absolute Gasteiger partial charge is 0.496 e. The predicted octanol–water partition coefficient (Wildman–Crippen LogP) is 6.75. The normalized spacial score (nSPS) is 10.7. The fourth-order valence-corrected chi connectivity index (χ4v) is 3.38. The summed E-state index contributed by atoms with van der Waals surface area (Å²) in [6.45, 7) is 0.960. The third-order valence-electron chi connectivity index (χ3n) is 5.24. The third-order valence-corrected chi connectivity index (χ3v) is 5.24. The zero-order chi connectivity index (χ0) is 23.6. The first-order valence-corrected chi connectivity index (χ1v) is 11.1. The van der Waals surface area contributed by atoms with Crippen LogP contribution in [0.25, 0.3) is 6.08 Å². The molecule has 0 saturated carbocycles. The van der Waals surface area contributed by atoms with Crippen molar-refractivity contribution in [2.45, 2.75) is 13.2 Å². The van der Waals surface area contributed by atoms with E-state index in [1.807, 2.05) is 84.9 Å². The van der Waals surface area contributed by atoms with Gasteiger partial charge in [0, 0.05) is 6.07 Å². The van der Waals surface area contributed by atoms with Gasteiger partial charge in [-0.1, -0.05) is 78.9 Å². The number of rotatable bonds is 10. The maximum absolute atomic E-state index is 12.8. The van der Waals surface area contributed by atoms with E-state index in [4.69, 9.17) is 14.2 Å². The Morgan fingerprint density at radius 3 is 1.85 bits per heavy atom. The summed E-state index contributed by atoms with van der Waals surface area (Å²) in [4.78, 5) is 12.8. The molecule has 0 spiro atoms. The van der Waals surface area contributed by atoms with E-state index in [0.29, 0.717) is 30.3 Å². The Balaban J connectivity index is 1.36. The van der Waals surface area contributed by atoms with Gasteiger partial charge >= 0.3 is 0 Å². The standard InChI is InChI=1S/C30H26O4/c1-32-30-20-27(34-22-25-10-6-3-7-11-25)17-18-28(30)29(31)19-14-23-12-15-26(16-13-23)33-21-24-8-4-2-5-9-24/h2-20H,21-22H2,1H3/b19-14+. The van der Waals surface area contributed by atoms with E-state index in [9.17, 15) is 4.79 Å². The molecule has 0 bridgehead atoms. The number of hydrogen-bond acceptors (Lipinski definition) is 4. The summed E-state index contributed by atoms with van der Waals surface area (Å²) in [5, 5.41) is 0. The second kappa shape index (κ2) is 11.5. The van der Waals surface area contributed by atoms with Gasteiger partial charge in [-0.3, -0.25) is 4.79 Å². The lowest BCUT2D eigenvalue weighted by Crippen LogP contribution is -2.01. The molecule has 0 N–H and O–H groups in total. The van der Waals surface area contributed by atoms with Gasteiger partial charge in [0.1, 0.15) is 30.5 Å². The highest BCUT2D eigenvalue weighted by Gasteiger charge is 2.11. The Morgan fingerprint density at radius 2 is 1.26 bits per heavy atom. The molecule has 34 heavy (non-hydrogen) atoms. The van der Waals surface area contributed by atoms with Gasteiger partial charge in [0.25, 0.3) is 0 Å². The average molecular weight is 451 g/mol. The number of hydrogen-bond donors (Lipinski definition) is 0. The van der Waals surface area contributed by atoms with Crippen molar-refractivity contribution in [3.8, 4) is 17.2 Å². The number of carbonyl (C=O) groups is 1. The predicted molar refractivity (Wildman–Crippen MR) is 134 cm³/mol. The molecule has 4 nitrogen and oxygen atoms in total. The molecule has 0 radical (unpaired) electrons. The van der Waals surface area contributed by atoms with E-state index in [1.54, 1.807) is 37.5 Å². The summed E-state index contributed by atoms with van der Waals surface area (Å²) in [5.41, 5.74) is 3.57. The van der Waals surface area contributed by atoms with Crippen LogP contribution in [0.3, 0.4) is 0 Å². The molecule has 0 amide bonds. The first-order valence-electron chi connectivity index (χ1n) is 11.1. The fourth-order valence-electron chi connectivity index (χ4n) is 3.38. The van der Waals surface area contributed by atoms with E-state index in [2.05, 4.69) is 0 Å². The quantitative estimate of drug-likeness (QED) is 0.198. The van der Waals surface area contributed by atoms with Crippen LogP contribution < -0.4 is 14.2 Å². The maximum Gasteiger partial charge on any atom is 0.189 e. The third kappa shape index (κ3) is 6.36. The molecule has 0 unspecified atom stereocenters. The van der Waals surface area contributed by atoms with E-state index >= 15 is 0 Å². The molecule has 0 fully saturated rings. The van der Waals surface area contributed by atoms with Crippen LogP contribution in [-0.4, -0.2) is 12.9 Å². The van der Waals surface area contributed by atoms with Crippen molar-refractivity contribution in [3.63, 3.8) is 0 Å². The monoisotopic (exact) mass is 450 g/mol. The van der Waals surface area contributed by atoms with Crippen LogP contribution in [0.2, 0.25) is 0 Å². The molecule has 0 aliphatic carbocycles. The molecule has 0 aromatic heterocycles. The lowest BCUT2D eigenvalue weighted by atomic mass is 10.1. The summed E-state index contributed by atoms with van der Waals surface area (Å²) in [6.07, 6.45) is 3.32. The SMILES string of the molecule is COc1cc(OCc2ccccc2)ccc1C(=O)/C=C/c1ccc(OCc2ccccc2)cc1. The number of ketones is 1. The van der Waals surface area contributed by atoms with Crippen molar-refractivity contribution in [3.05, 3.63) is 131 Å². The van der Waals surface area contributed by atoms with Crippen LogP contribution in [0.4, 0.5) is 0 Å². The fraction of sp³-hybridized carbons (Fsp3) is 0.100. The van der Waals surface area contributed by atoms with Crippen LogP contribution in [0, 0.1) is 0 Å². The van der Waals surface area contributed by atoms with Gasteiger partial charge in [-0.25, -0.2) is 0 Å². The van der Waals surface area contributed by atoms with Crippen molar-refractivity contribution < 1.29 is 19.0 Å². The Morgan fingerprint density at radius 1 is 0.706 bits per heavy atom. The summed E-state index contributed by atoms with van der Waals surface area (Å²) in [6, 6.07) is 32.8. The van der Waals surface area contributed by atoms with Crippen LogP contribution in [0.5, 0.6) is 17.2 Å². The Labute approximate surface area is 200 Å². The number of methoxy groups -OCH3 is 1. The molecule has 0 aliphatic heterocycles. The molecule has 0 atom stereocenters. The van der Waals surface area contributed by atoms with Gasteiger partial charge in [-0.2, -0.15) is 0 Å². The minimum absolute atomic E-state index is 0.143. The molecular formula is C30H26O4. The Kier molecular flexibility index (Phi) is 7.75. The topological polar surface area (TPSA) is 44.8 Å². The summed E-state index contributed by atoms with van der Waals surface area (Å²) in [5.74, 6) is 1.76. The number of carbonyl (C=O) groups excluding carboxylic acids is 1. The molecule has 170 valence electrons. The maximum atomic E-state index is 12.8. The highest BCUT2D eigenvalue weighted by Crippen LogP contribution is 2.26. The van der Waals surface area contributed by atoms with Crippen LogP contribution in [0.15, 0.2) is 109 Å².